The van der Waals surface area contributed by atoms with Crippen molar-refractivity contribution in [2.45, 2.75) is 12.8 Å². The molecule has 0 aromatic carbocycles. The van der Waals surface area contributed by atoms with Gasteiger partial charge in [-0.2, -0.15) is 0 Å². The summed E-state index contributed by atoms with van der Waals surface area (Å²) in [6.07, 6.45) is 4.83. The summed E-state index contributed by atoms with van der Waals surface area (Å²) < 4.78 is 1.10. The highest BCUT2D eigenvalue weighted by atomic mass is 79.9. The minimum absolute atomic E-state index is 0.194. The first kappa shape index (κ1) is 15.2. The van der Waals surface area contributed by atoms with Crippen molar-refractivity contribution in [3.8, 4) is 0 Å². The molecular formula is C9H15Br2Cl2N. The standard InChI is InChI=1S/C8H13Br2N.CH2Cl2/c1-11-4-2-7(3-5-11)6-8(9)10;2-1-3/h6-7H,2-5H2,1H3;1H2. The SMILES string of the molecule is CN1CCC(C=C(Br)Br)CC1.ClCCl. The number of hydrogen-bond donors (Lipinski definition) is 0. The van der Waals surface area contributed by atoms with Crippen LogP contribution in [-0.4, -0.2) is 30.4 Å². The van der Waals surface area contributed by atoms with Crippen LogP contribution >= 0.6 is 55.1 Å². The van der Waals surface area contributed by atoms with Gasteiger partial charge in [-0.1, -0.05) is 6.08 Å². The van der Waals surface area contributed by atoms with E-state index in [1.807, 2.05) is 0 Å². The quantitative estimate of drug-likeness (QED) is 0.621. The van der Waals surface area contributed by atoms with E-state index in [0.717, 1.165) is 9.31 Å². The average Bonchev–Trinajstić information content (AvgIpc) is 2.09. The summed E-state index contributed by atoms with van der Waals surface area (Å²) in [5.74, 6) is 0.764. The fraction of sp³-hybridized carbons (Fsp3) is 0.778. The van der Waals surface area contributed by atoms with Crippen LogP contribution in [-0.2, 0) is 0 Å². The third-order valence-electron chi connectivity index (χ3n) is 2.12. The molecule has 5 heteroatoms. The van der Waals surface area contributed by atoms with Crippen molar-refractivity contribution >= 4 is 55.1 Å². The van der Waals surface area contributed by atoms with Crippen LogP contribution in [0.3, 0.4) is 0 Å². The molecule has 0 aliphatic carbocycles. The molecule has 0 radical (unpaired) electrons. The summed E-state index contributed by atoms with van der Waals surface area (Å²) >= 11 is 16.3. The van der Waals surface area contributed by atoms with E-state index in [4.69, 9.17) is 23.2 Å². The van der Waals surface area contributed by atoms with Crippen LogP contribution in [0.4, 0.5) is 0 Å². The minimum Gasteiger partial charge on any atom is -0.306 e. The summed E-state index contributed by atoms with van der Waals surface area (Å²) in [4.78, 5) is 2.38. The molecule has 84 valence electrons. The fourth-order valence-corrected chi connectivity index (χ4v) is 2.12. The van der Waals surface area contributed by atoms with E-state index in [1.165, 1.54) is 25.9 Å². The van der Waals surface area contributed by atoms with Gasteiger partial charge in [0.15, 0.2) is 0 Å². The van der Waals surface area contributed by atoms with Crippen LogP contribution in [0.1, 0.15) is 12.8 Å². The van der Waals surface area contributed by atoms with E-state index >= 15 is 0 Å². The number of piperidine rings is 1. The minimum atomic E-state index is 0.194. The highest BCUT2D eigenvalue weighted by Gasteiger charge is 2.14. The number of rotatable bonds is 1. The zero-order chi connectivity index (χ0) is 11.0. The van der Waals surface area contributed by atoms with Gasteiger partial charge in [0, 0.05) is 0 Å². The Morgan fingerprint density at radius 1 is 1.36 bits per heavy atom. The molecule has 0 atom stereocenters. The highest BCUT2D eigenvalue weighted by Crippen LogP contribution is 2.23. The van der Waals surface area contributed by atoms with E-state index < -0.39 is 0 Å². The average molecular weight is 368 g/mol. The third-order valence-corrected chi connectivity index (χ3v) is 2.65. The van der Waals surface area contributed by atoms with E-state index in [-0.39, 0.29) is 5.34 Å². The lowest BCUT2D eigenvalue weighted by Gasteiger charge is -2.26. The molecule has 0 aromatic heterocycles. The summed E-state index contributed by atoms with van der Waals surface area (Å²) in [5, 5.41) is 0.194. The second kappa shape index (κ2) is 9.46. The molecule has 0 amide bonds. The maximum absolute atomic E-state index is 4.76. The maximum atomic E-state index is 4.76. The molecule has 0 saturated carbocycles. The first-order valence-electron chi connectivity index (χ1n) is 4.43. The lowest BCUT2D eigenvalue weighted by molar-refractivity contribution is 0.244. The molecule has 1 saturated heterocycles. The smallest absolute Gasteiger partial charge is 0.0967 e. The number of halogens is 4. The molecule has 0 unspecified atom stereocenters. The zero-order valence-electron chi connectivity index (χ0n) is 8.15. The Bertz CT molecular complexity index is 164. The molecule has 14 heavy (non-hydrogen) atoms. The fourth-order valence-electron chi connectivity index (χ4n) is 1.37. The van der Waals surface area contributed by atoms with E-state index in [1.54, 1.807) is 0 Å². The van der Waals surface area contributed by atoms with Crippen molar-refractivity contribution in [3.05, 3.63) is 9.47 Å². The van der Waals surface area contributed by atoms with Gasteiger partial charge < -0.3 is 4.90 Å². The van der Waals surface area contributed by atoms with Crippen molar-refractivity contribution < 1.29 is 0 Å². The summed E-state index contributed by atoms with van der Waals surface area (Å²) in [5.41, 5.74) is 0. The first-order chi connectivity index (χ1) is 6.60. The van der Waals surface area contributed by atoms with Crippen molar-refractivity contribution in [1.82, 2.24) is 4.90 Å². The number of hydrogen-bond acceptors (Lipinski definition) is 1. The molecule has 0 bridgehead atoms. The van der Waals surface area contributed by atoms with Crippen LogP contribution in [0.25, 0.3) is 0 Å². The maximum Gasteiger partial charge on any atom is 0.0967 e. The molecule has 0 N–H and O–H groups in total. The van der Waals surface area contributed by atoms with Crippen LogP contribution in [0, 0.1) is 5.92 Å². The first-order valence-corrected chi connectivity index (χ1v) is 7.09. The highest BCUT2D eigenvalue weighted by molar-refractivity contribution is 9.28. The van der Waals surface area contributed by atoms with Gasteiger partial charge in [0.2, 0.25) is 0 Å². The number of nitrogens with zero attached hydrogens (tertiary/aromatic N) is 1. The Kier molecular flexibility index (Phi) is 10.3. The van der Waals surface area contributed by atoms with Gasteiger partial charge in [0.25, 0.3) is 0 Å². The predicted octanol–water partition coefficient (Wildman–Crippen LogP) is 4.38. The monoisotopic (exact) mass is 365 g/mol. The summed E-state index contributed by atoms with van der Waals surface area (Å²) in [6.45, 7) is 2.46. The molecular weight excluding hydrogens is 353 g/mol. The largest absolute Gasteiger partial charge is 0.306 e. The molecule has 1 rings (SSSR count). The molecule has 0 spiro atoms. The van der Waals surface area contributed by atoms with E-state index in [2.05, 4.69) is 49.9 Å². The van der Waals surface area contributed by atoms with Crippen LogP contribution in [0.2, 0.25) is 0 Å². The molecule has 1 aliphatic heterocycles. The van der Waals surface area contributed by atoms with Gasteiger partial charge in [-0.05, 0) is 70.8 Å². The van der Waals surface area contributed by atoms with Gasteiger partial charge in [-0.3, -0.25) is 0 Å². The second-order valence-corrected chi connectivity index (χ2v) is 6.78. The number of allylic oxidation sites excluding steroid dienone is 1. The molecule has 1 nitrogen and oxygen atoms in total. The van der Waals surface area contributed by atoms with Gasteiger partial charge >= 0.3 is 0 Å². The normalized spacial score (nSPS) is 18.4. The van der Waals surface area contributed by atoms with Crippen LogP contribution in [0.5, 0.6) is 0 Å². The Hall–Kier alpha value is 1.24. The second-order valence-electron chi connectivity index (χ2n) is 3.20. The van der Waals surface area contributed by atoms with Crippen molar-refractivity contribution in [1.29, 1.82) is 0 Å². The molecule has 1 heterocycles. The number of likely N-dealkylation sites (tertiary alicyclic amines) is 1. The van der Waals surface area contributed by atoms with Gasteiger partial charge in [0.1, 0.15) is 0 Å². The Morgan fingerprint density at radius 3 is 2.14 bits per heavy atom. The summed E-state index contributed by atoms with van der Waals surface area (Å²) in [6, 6.07) is 0. The van der Waals surface area contributed by atoms with E-state index in [0.29, 0.717) is 0 Å². The van der Waals surface area contributed by atoms with Crippen LogP contribution < -0.4 is 0 Å². The zero-order valence-corrected chi connectivity index (χ0v) is 12.8. The Balaban J connectivity index is 0.000000500. The molecule has 1 fully saturated rings. The summed E-state index contributed by atoms with van der Waals surface area (Å²) in [7, 11) is 2.18. The lowest BCUT2D eigenvalue weighted by atomic mass is 9.98. The van der Waals surface area contributed by atoms with Crippen LogP contribution in [0.15, 0.2) is 9.47 Å². The predicted molar refractivity (Wildman–Crippen MR) is 72.7 cm³/mol. The van der Waals surface area contributed by atoms with Crippen molar-refractivity contribution in [2.75, 3.05) is 25.5 Å². The van der Waals surface area contributed by atoms with Gasteiger partial charge in [-0.25, -0.2) is 0 Å². The van der Waals surface area contributed by atoms with E-state index in [9.17, 15) is 0 Å². The van der Waals surface area contributed by atoms with Gasteiger partial charge in [-0.15, -0.1) is 23.2 Å². The Labute approximate surface area is 113 Å². The molecule has 1 aliphatic rings. The van der Waals surface area contributed by atoms with Crippen molar-refractivity contribution in [2.24, 2.45) is 5.92 Å². The number of alkyl halides is 2. The topological polar surface area (TPSA) is 3.24 Å². The molecule has 0 aromatic rings. The van der Waals surface area contributed by atoms with Crippen molar-refractivity contribution in [3.63, 3.8) is 0 Å². The lowest BCUT2D eigenvalue weighted by Crippen LogP contribution is -2.29. The van der Waals surface area contributed by atoms with Gasteiger partial charge in [0.05, 0.1) is 8.73 Å². The third kappa shape index (κ3) is 8.54. The Morgan fingerprint density at radius 2 is 1.79 bits per heavy atom.